The van der Waals surface area contributed by atoms with Gasteiger partial charge in [-0.15, -0.1) is 0 Å². The van der Waals surface area contributed by atoms with E-state index in [4.69, 9.17) is 0 Å². The van der Waals surface area contributed by atoms with Gasteiger partial charge in [0.05, 0.1) is 17.3 Å². The smallest absolute Gasteiger partial charge is 0.321 e. The fourth-order valence-corrected chi connectivity index (χ4v) is 4.35. The fraction of sp³-hybridized carbons (Fsp3) is 0.417. The quantitative estimate of drug-likeness (QED) is 0.787. The van der Waals surface area contributed by atoms with E-state index < -0.39 is 0 Å². The van der Waals surface area contributed by atoms with Gasteiger partial charge in [-0.1, -0.05) is 24.3 Å². The molecule has 6 heteroatoms. The zero-order valence-corrected chi connectivity index (χ0v) is 17.6. The van der Waals surface area contributed by atoms with E-state index >= 15 is 0 Å². The van der Waals surface area contributed by atoms with Crippen LogP contribution in [0.15, 0.2) is 48.5 Å². The summed E-state index contributed by atoms with van der Waals surface area (Å²) < 4.78 is 0. The highest BCUT2D eigenvalue weighted by Crippen LogP contribution is 2.29. The molecular weight excluding hydrogens is 376 g/mol. The van der Waals surface area contributed by atoms with E-state index in [0.717, 1.165) is 48.6 Å². The van der Waals surface area contributed by atoms with Gasteiger partial charge in [-0.3, -0.25) is 4.79 Å². The first kappa shape index (κ1) is 20.3. The first-order chi connectivity index (χ1) is 14.6. The molecule has 2 fully saturated rings. The molecule has 2 heterocycles. The van der Waals surface area contributed by atoms with Crippen LogP contribution in [0.3, 0.4) is 0 Å². The van der Waals surface area contributed by atoms with E-state index in [9.17, 15) is 9.59 Å². The van der Waals surface area contributed by atoms with Crippen LogP contribution in [-0.4, -0.2) is 43.0 Å². The lowest BCUT2D eigenvalue weighted by molar-refractivity contribution is -0.121. The molecule has 3 amide bonds. The van der Waals surface area contributed by atoms with Crippen LogP contribution in [0.5, 0.6) is 0 Å². The Hall–Kier alpha value is -3.02. The van der Waals surface area contributed by atoms with Gasteiger partial charge >= 0.3 is 6.03 Å². The number of benzene rings is 2. The van der Waals surface area contributed by atoms with Gasteiger partial charge in [0, 0.05) is 31.9 Å². The van der Waals surface area contributed by atoms with Crippen LogP contribution in [0.1, 0.15) is 31.2 Å². The van der Waals surface area contributed by atoms with Crippen molar-refractivity contribution in [1.82, 2.24) is 4.90 Å². The number of carbonyl (C=O) groups excluding carboxylic acids is 2. The van der Waals surface area contributed by atoms with E-state index in [-0.39, 0.29) is 17.9 Å². The van der Waals surface area contributed by atoms with Gasteiger partial charge in [0.15, 0.2) is 0 Å². The summed E-state index contributed by atoms with van der Waals surface area (Å²) in [5, 5.41) is 6.09. The second kappa shape index (κ2) is 9.20. The van der Waals surface area contributed by atoms with Crippen molar-refractivity contribution in [3.63, 3.8) is 0 Å². The summed E-state index contributed by atoms with van der Waals surface area (Å²) in [7, 11) is 0. The largest absolute Gasteiger partial charge is 0.370 e. The van der Waals surface area contributed by atoms with Gasteiger partial charge in [-0.25, -0.2) is 4.79 Å². The first-order valence-electron chi connectivity index (χ1n) is 10.9. The van der Waals surface area contributed by atoms with Gasteiger partial charge in [0.1, 0.15) is 0 Å². The second-order valence-corrected chi connectivity index (χ2v) is 8.29. The molecule has 2 aliphatic rings. The lowest BCUT2D eigenvalue weighted by atomic mass is 9.97. The number of likely N-dealkylation sites (tertiary alicyclic amines) is 1. The number of anilines is 3. The monoisotopic (exact) mass is 406 g/mol. The predicted molar refractivity (Wildman–Crippen MR) is 121 cm³/mol. The number of carbonyl (C=O) groups is 2. The van der Waals surface area contributed by atoms with Gasteiger partial charge in [-0.2, -0.15) is 0 Å². The highest BCUT2D eigenvalue weighted by atomic mass is 16.2. The molecule has 0 aliphatic carbocycles. The molecule has 158 valence electrons. The molecule has 2 N–H and O–H groups in total. The van der Waals surface area contributed by atoms with Crippen LogP contribution in [0, 0.1) is 12.8 Å². The Bertz CT molecular complexity index is 908. The van der Waals surface area contributed by atoms with Crippen LogP contribution in [0.25, 0.3) is 0 Å². The maximum Gasteiger partial charge on any atom is 0.321 e. The topological polar surface area (TPSA) is 64.7 Å². The minimum Gasteiger partial charge on any atom is -0.370 e. The third-order valence-electron chi connectivity index (χ3n) is 5.96. The molecule has 0 radical (unpaired) electrons. The molecule has 2 aliphatic heterocycles. The van der Waals surface area contributed by atoms with Crippen molar-refractivity contribution in [2.24, 2.45) is 5.92 Å². The van der Waals surface area contributed by atoms with Crippen molar-refractivity contribution < 1.29 is 9.59 Å². The molecule has 2 saturated heterocycles. The van der Waals surface area contributed by atoms with Crippen LogP contribution >= 0.6 is 0 Å². The van der Waals surface area contributed by atoms with Crippen LogP contribution in [0.4, 0.5) is 21.9 Å². The average molecular weight is 407 g/mol. The maximum absolute atomic E-state index is 13.0. The normalized spacial score (nSPS) is 18.9. The SMILES string of the molecule is Cc1cccc(NC(=O)N2CCCC(C(=O)Nc3ccccc3N3CCCC3)C2)c1. The fourth-order valence-electron chi connectivity index (χ4n) is 4.35. The summed E-state index contributed by atoms with van der Waals surface area (Å²) in [6.45, 7) is 5.17. The third kappa shape index (κ3) is 4.75. The van der Waals surface area contributed by atoms with E-state index in [1.807, 2.05) is 49.4 Å². The summed E-state index contributed by atoms with van der Waals surface area (Å²) in [6, 6.07) is 15.6. The minimum absolute atomic E-state index is 0.00491. The summed E-state index contributed by atoms with van der Waals surface area (Å²) in [6.07, 6.45) is 4.00. The van der Waals surface area contributed by atoms with Crippen molar-refractivity contribution in [3.05, 3.63) is 54.1 Å². The Kier molecular flexibility index (Phi) is 6.21. The Labute approximate surface area is 178 Å². The van der Waals surface area contributed by atoms with Crippen molar-refractivity contribution in [2.45, 2.75) is 32.6 Å². The number of nitrogens with zero attached hydrogens (tertiary/aromatic N) is 2. The number of nitrogens with one attached hydrogen (secondary N) is 2. The lowest BCUT2D eigenvalue weighted by Crippen LogP contribution is -2.45. The van der Waals surface area contributed by atoms with E-state index in [2.05, 4.69) is 21.6 Å². The van der Waals surface area contributed by atoms with E-state index in [1.165, 1.54) is 12.8 Å². The molecule has 4 rings (SSSR count). The molecule has 0 bridgehead atoms. The van der Waals surface area contributed by atoms with E-state index in [0.29, 0.717) is 13.1 Å². The Balaban J connectivity index is 1.39. The van der Waals surface area contributed by atoms with Crippen molar-refractivity contribution in [3.8, 4) is 0 Å². The highest BCUT2D eigenvalue weighted by molar-refractivity contribution is 5.97. The zero-order valence-electron chi connectivity index (χ0n) is 17.6. The number of hydrogen-bond donors (Lipinski definition) is 2. The summed E-state index contributed by atoms with van der Waals surface area (Å²) in [4.78, 5) is 29.8. The number of hydrogen-bond acceptors (Lipinski definition) is 3. The maximum atomic E-state index is 13.0. The van der Waals surface area contributed by atoms with Crippen LogP contribution in [-0.2, 0) is 4.79 Å². The van der Waals surface area contributed by atoms with Gasteiger partial charge in [-0.05, 0) is 62.4 Å². The number of para-hydroxylation sites is 2. The van der Waals surface area contributed by atoms with Crippen molar-refractivity contribution in [1.29, 1.82) is 0 Å². The molecule has 0 saturated carbocycles. The standard InChI is InChI=1S/C24H30N4O2/c1-18-8-6-10-20(16-18)25-24(30)28-15-7-9-19(17-28)23(29)26-21-11-2-3-12-22(21)27-13-4-5-14-27/h2-3,6,8,10-12,16,19H,4-5,7,9,13-15,17H2,1H3,(H,25,30)(H,26,29). The zero-order chi connectivity index (χ0) is 20.9. The number of aryl methyl sites for hydroxylation is 1. The molecule has 30 heavy (non-hydrogen) atoms. The Morgan fingerprint density at radius 1 is 0.933 bits per heavy atom. The molecule has 0 spiro atoms. The highest BCUT2D eigenvalue weighted by Gasteiger charge is 2.29. The Morgan fingerprint density at radius 2 is 1.73 bits per heavy atom. The summed E-state index contributed by atoms with van der Waals surface area (Å²) in [5.41, 5.74) is 3.84. The van der Waals surface area contributed by atoms with Crippen LogP contribution in [0.2, 0.25) is 0 Å². The second-order valence-electron chi connectivity index (χ2n) is 8.29. The first-order valence-corrected chi connectivity index (χ1v) is 10.9. The van der Waals surface area contributed by atoms with Gasteiger partial charge < -0.3 is 20.4 Å². The molecule has 1 unspecified atom stereocenters. The minimum atomic E-state index is -0.200. The number of rotatable bonds is 4. The van der Waals surface area contributed by atoms with Crippen molar-refractivity contribution >= 4 is 29.0 Å². The van der Waals surface area contributed by atoms with Crippen LogP contribution < -0.4 is 15.5 Å². The summed E-state index contributed by atoms with van der Waals surface area (Å²) in [5.74, 6) is -0.205. The molecule has 2 aromatic rings. The molecular formula is C24H30N4O2. The number of piperidine rings is 1. The van der Waals surface area contributed by atoms with Crippen molar-refractivity contribution in [2.75, 3.05) is 41.7 Å². The average Bonchev–Trinajstić information content (AvgIpc) is 3.29. The van der Waals surface area contributed by atoms with Gasteiger partial charge in [0.2, 0.25) is 5.91 Å². The number of urea groups is 1. The number of amides is 3. The summed E-state index contributed by atoms with van der Waals surface area (Å²) >= 11 is 0. The molecule has 1 atom stereocenters. The Morgan fingerprint density at radius 3 is 2.53 bits per heavy atom. The molecule has 6 nitrogen and oxygen atoms in total. The molecule has 2 aromatic carbocycles. The molecule has 0 aromatic heterocycles. The van der Waals surface area contributed by atoms with E-state index in [1.54, 1.807) is 4.90 Å². The lowest BCUT2D eigenvalue weighted by Gasteiger charge is -2.32. The van der Waals surface area contributed by atoms with Gasteiger partial charge in [0.25, 0.3) is 0 Å². The third-order valence-corrected chi connectivity index (χ3v) is 5.96. The predicted octanol–water partition coefficient (Wildman–Crippen LogP) is 4.48.